The van der Waals surface area contributed by atoms with Crippen LogP contribution in [0.15, 0.2) is 12.7 Å². The highest BCUT2D eigenvalue weighted by molar-refractivity contribution is 5.86. The molecule has 0 aromatic carbocycles. The molecular weight excluding hydrogens is 164 g/mol. The normalized spacial score (nSPS) is 18.2. The third-order valence-corrected chi connectivity index (χ3v) is 2.50. The fourth-order valence-electron chi connectivity index (χ4n) is 1.64. The van der Waals surface area contributed by atoms with Gasteiger partial charge in [-0.25, -0.2) is 0 Å². The Kier molecular flexibility index (Phi) is 4.54. The smallest absolute Gasteiger partial charge is 0.243 e. The van der Waals surface area contributed by atoms with Gasteiger partial charge in [0.1, 0.15) is 0 Å². The summed E-state index contributed by atoms with van der Waals surface area (Å²) in [6.45, 7) is 6.44. The Morgan fingerprint density at radius 3 is 2.85 bits per heavy atom. The summed E-state index contributed by atoms with van der Waals surface area (Å²) < 4.78 is 0. The van der Waals surface area contributed by atoms with E-state index in [4.69, 9.17) is 0 Å². The van der Waals surface area contributed by atoms with E-state index >= 15 is 0 Å². The van der Waals surface area contributed by atoms with Crippen LogP contribution in [0.4, 0.5) is 0 Å². The van der Waals surface area contributed by atoms with Gasteiger partial charge < -0.3 is 10.6 Å². The van der Waals surface area contributed by atoms with Crippen LogP contribution in [0.3, 0.4) is 0 Å². The van der Waals surface area contributed by atoms with Gasteiger partial charge in [-0.05, 0) is 44.3 Å². The number of piperidine rings is 1. The van der Waals surface area contributed by atoms with Crippen molar-refractivity contribution in [2.75, 3.05) is 19.6 Å². The summed E-state index contributed by atoms with van der Waals surface area (Å²) in [6, 6.07) is 0. The van der Waals surface area contributed by atoms with Crippen LogP contribution >= 0.6 is 0 Å². The number of carbonyl (C=O) groups is 1. The maximum absolute atomic E-state index is 10.8. The van der Waals surface area contributed by atoms with Gasteiger partial charge >= 0.3 is 0 Å². The minimum absolute atomic E-state index is 0.0612. The van der Waals surface area contributed by atoms with E-state index in [1.807, 2.05) is 0 Å². The molecule has 13 heavy (non-hydrogen) atoms. The van der Waals surface area contributed by atoms with Crippen molar-refractivity contribution in [3.8, 4) is 0 Å². The molecule has 1 aliphatic heterocycles. The van der Waals surface area contributed by atoms with Gasteiger partial charge in [0.15, 0.2) is 0 Å². The third-order valence-electron chi connectivity index (χ3n) is 2.50. The molecule has 1 amide bonds. The molecule has 0 aliphatic carbocycles. The highest BCUT2D eigenvalue weighted by Gasteiger charge is 2.12. The van der Waals surface area contributed by atoms with Crippen molar-refractivity contribution >= 4 is 5.91 Å². The molecule has 74 valence electrons. The summed E-state index contributed by atoms with van der Waals surface area (Å²) >= 11 is 0. The van der Waals surface area contributed by atoms with E-state index in [2.05, 4.69) is 17.2 Å². The Morgan fingerprint density at radius 1 is 1.54 bits per heavy atom. The average Bonchev–Trinajstić information content (AvgIpc) is 2.19. The molecule has 1 heterocycles. The van der Waals surface area contributed by atoms with E-state index in [-0.39, 0.29) is 5.91 Å². The molecule has 0 unspecified atom stereocenters. The van der Waals surface area contributed by atoms with Crippen molar-refractivity contribution in [2.24, 2.45) is 5.92 Å². The van der Waals surface area contributed by atoms with E-state index in [1.165, 1.54) is 18.9 Å². The van der Waals surface area contributed by atoms with Crippen molar-refractivity contribution in [3.63, 3.8) is 0 Å². The molecule has 0 saturated carbocycles. The van der Waals surface area contributed by atoms with Crippen LogP contribution in [0.1, 0.15) is 19.3 Å². The van der Waals surface area contributed by atoms with Crippen LogP contribution in [0.25, 0.3) is 0 Å². The van der Waals surface area contributed by atoms with Crippen LogP contribution in [0, 0.1) is 5.92 Å². The molecule has 1 fully saturated rings. The van der Waals surface area contributed by atoms with E-state index < -0.39 is 0 Å². The Balaban J connectivity index is 2.04. The second-order valence-electron chi connectivity index (χ2n) is 3.48. The first kappa shape index (κ1) is 10.3. The maximum Gasteiger partial charge on any atom is 0.243 e. The molecule has 2 N–H and O–H groups in total. The number of hydrogen-bond donors (Lipinski definition) is 2. The fraction of sp³-hybridized carbons (Fsp3) is 0.700. The van der Waals surface area contributed by atoms with E-state index in [0.29, 0.717) is 0 Å². The van der Waals surface area contributed by atoms with Gasteiger partial charge in [0.05, 0.1) is 0 Å². The highest BCUT2D eigenvalue weighted by atomic mass is 16.1. The monoisotopic (exact) mass is 182 g/mol. The first-order valence-corrected chi connectivity index (χ1v) is 4.94. The van der Waals surface area contributed by atoms with Crippen LogP contribution in [0.2, 0.25) is 0 Å². The summed E-state index contributed by atoms with van der Waals surface area (Å²) in [5.41, 5.74) is 0. The van der Waals surface area contributed by atoms with Gasteiger partial charge in [0, 0.05) is 6.54 Å². The molecule has 1 rings (SSSR count). The van der Waals surface area contributed by atoms with Crippen molar-refractivity contribution in [1.82, 2.24) is 10.6 Å². The Labute approximate surface area is 79.6 Å². The lowest BCUT2D eigenvalue weighted by atomic mass is 9.95. The quantitative estimate of drug-likeness (QED) is 0.628. The van der Waals surface area contributed by atoms with Crippen LogP contribution < -0.4 is 10.6 Å². The molecule has 0 spiro atoms. The minimum Gasteiger partial charge on any atom is -0.353 e. The van der Waals surface area contributed by atoms with Crippen molar-refractivity contribution < 1.29 is 4.79 Å². The molecule has 0 aromatic heterocycles. The zero-order valence-electron chi connectivity index (χ0n) is 8.01. The van der Waals surface area contributed by atoms with E-state index in [0.717, 1.165) is 32.0 Å². The molecule has 1 saturated heterocycles. The Bertz CT molecular complexity index is 174. The lowest BCUT2D eigenvalue weighted by molar-refractivity contribution is -0.116. The SMILES string of the molecule is C=CC(=O)NCCC1CCNCC1. The average molecular weight is 182 g/mol. The number of nitrogens with one attached hydrogen (secondary N) is 2. The summed E-state index contributed by atoms with van der Waals surface area (Å²) in [5.74, 6) is 0.722. The largest absolute Gasteiger partial charge is 0.353 e. The first-order chi connectivity index (χ1) is 6.33. The van der Waals surface area contributed by atoms with Crippen molar-refractivity contribution in [3.05, 3.63) is 12.7 Å². The van der Waals surface area contributed by atoms with Crippen molar-refractivity contribution in [1.29, 1.82) is 0 Å². The third kappa shape index (κ3) is 4.08. The van der Waals surface area contributed by atoms with Crippen LogP contribution in [-0.4, -0.2) is 25.5 Å². The topological polar surface area (TPSA) is 41.1 Å². The predicted molar refractivity (Wildman–Crippen MR) is 53.4 cm³/mol. The number of rotatable bonds is 4. The zero-order valence-corrected chi connectivity index (χ0v) is 8.01. The summed E-state index contributed by atoms with van der Waals surface area (Å²) in [5, 5.41) is 6.12. The minimum atomic E-state index is -0.0612. The van der Waals surface area contributed by atoms with Crippen molar-refractivity contribution in [2.45, 2.75) is 19.3 Å². The zero-order chi connectivity index (χ0) is 9.52. The lowest BCUT2D eigenvalue weighted by Crippen LogP contribution is -2.30. The molecule has 0 bridgehead atoms. The molecule has 3 nitrogen and oxygen atoms in total. The molecule has 0 atom stereocenters. The number of amides is 1. The number of hydrogen-bond acceptors (Lipinski definition) is 2. The van der Waals surface area contributed by atoms with Crippen LogP contribution in [-0.2, 0) is 4.79 Å². The van der Waals surface area contributed by atoms with Gasteiger partial charge in [-0.1, -0.05) is 6.58 Å². The molecule has 3 heteroatoms. The van der Waals surface area contributed by atoms with Gasteiger partial charge in [0.25, 0.3) is 0 Å². The second-order valence-corrected chi connectivity index (χ2v) is 3.48. The van der Waals surface area contributed by atoms with E-state index in [9.17, 15) is 4.79 Å². The summed E-state index contributed by atoms with van der Waals surface area (Å²) in [4.78, 5) is 10.8. The van der Waals surface area contributed by atoms with Gasteiger partial charge in [0.2, 0.25) is 5.91 Å². The maximum atomic E-state index is 10.8. The van der Waals surface area contributed by atoms with Gasteiger partial charge in [-0.3, -0.25) is 4.79 Å². The lowest BCUT2D eigenvalue weighted by Gasteiger charge is -2.22. The molecule has 0 radical (unpaired) electrons. The highest BCUT2D eigenvalue weighted by Crippen LogP contribution is 2.14. The van der Waals surface area contributed by atoms with E-state index in [1.54, 1.807) is 0 Å². The standard InChI is InChI=1S/C10H18N2O/c1-2-10(13)12-8-5-9-3-6-11-7-4-9/h2,9,11H,1,3-8H2,(H,12,13). The van der Waals surface area contributed by atoms with Gasteiger partial charge in [-0.15, -0.1) is 0 Å². The molecule has 0 aromatic rings. The predicted octanol–water partition coefficient (Wildman–Crippen LogP) is 0.678. The summed E-state index contributed by atoms with van der Waals surface area (Å²) in [6.07, 6.45) is 4.90. The first-order valence-electron chi connectivity index (χ1n) is 4.94. The fourth-order valence-corrected chi connectivity index (χ4v) is 1.64. The molecular formula is C10H18N2O. The molecule has 1 aliphatic rings. The Morgan fingerprint density at radius 2 is 2.23 bits per heavy atom. The summed E-state index contributed by atoms with van der Waals surface area (Å²) in [7, 11) is 0. The second kappa shape index (κ2) is 5.75. The number of carbonyl (C=O) groups excluding carboxylic acids is 1. The van der Waals surface area contributed by atoms with Gasteiger partial charge in [-0.2, -0.15) is 0 Å². The Hall–Kier alpha value is -0.830. The van der Waals surface area contributed by atoms with Crippen LogP contribution in [0.5, 0.6) is 0 Å².